The van der Waals surface area contributed by atoms with Gasteiger partial charge in [0.25, 0.3) is 0 Å². The first kappa shape index (κ1) is 16.4. The van der Waals surface area contributed by atoms with E-state index in [1.165, 1.54) is 5.56 Å². The third-order valence-corrected chi connectivity index (χ3v) is 4.06. The SMILES string of the molecule is CCOC(=O)c1cc2n(c1)CCc1cc(OC)c(OC(C)C)cc1-2. The maximum Gasteiger partial charge on any atom is 0.339 e. The van der Waals surface area contributed by atoms with Crippen LogP contribution >= 0.6 is 0 Å². The van der Waals surface area contributed by atoms with Gasteiger partial charge in [-0.05, 0) is 51.0 Å². The fraction of sp³-hybridized carbons (Fsp3) is 0.421. The quantitative estimate of drug-likeness (QED) is 0.785. The number of esters is 1. The minimum absolute atomic E-state index is 0.0578. The van der Waals surface area contributed by atoms with Gasteiger partial charge in [-0.3, -0.25) is 0 Å². The third-order valence-electron chi connectivity index (χ3n) is 4.06. The van der Waals surface area contributed by atoms with Crippen molar-refractivity contribution in [3.63, 3.8) is 0 Å². The van der Waals surface area contributed by atoms with E-state index in [0.717, 1.165) is 35.7 Å². The summed E-state index contributed by atoms with van der Waals surface area (Å²) in [5.74, 6) is 1.18. The van der Waals surface area contributed by atoms with Crippen molar-refractivity contribution in [3.05, 3.63) is 35.5 Å². The lowest BCUT2D eigenvalue weighted by molar-refractivity contribution is 0.0526. The Morgan fingerprint density at radius 3 is 2.71 bits per heavy atom. The molecule has 0 saturated carbocycles. The normalized spacial score (nSPS) is 12.5. The highest BCUT2D eigenvalue weighted by molar-refractivity contribution is 5.91. The van der Waals surface area contributed by atoms with Crippen molar-refractivity contribution < 1.29 is 19.0 Å². The smallest absolute Gasteiger partial charge is 0.339 e. The second-order valence-electron chi connectivity index (χ2n) is 6.10. The van der Waals surface area contributed by atoms with Crippen LogP contribution in [0.15, 0.2) is 24.4 Å². The van der Waals surface area contributed by atoms with Crippen molar-refractivity contribution in [1.29, 1.82) is 0 Å². The predicted molar refractivity (Wildman–Crippen MR) is 91.8 cm³/mol. The van der Waals surface area contributed by atoms with Gasteiger partial charge >= 0.3 is 5.97 Å². The van der Waals surface area contributed by atoms with Crippen LogP contribution in [0.3, 0.4) is 0 Å². The molecule has 24 heavy (non-hydrogen) atoms. The molecule has 5 nitrogen and oxygen atoms in total. The average molecular weight is 329 g/mol. The average Bonchev–Trinajstić information content (AvgIpc) is 2.98. The Morgan fingerprint density at radius 2 is 2.04 bits per heavy atom. The van der Waals surface area contributed by atoms with Crippen LogP contribution in [-0.2, 0) is 17.7 Å². The minimum Gasteiger partial charge on any atom is -0.493 e. The van der Waals surface area contributed by atoms with Gasteiger partial charge in [-0.1, -0.05) is 0 Å². The van der Waals surface area contributed by atoms with Crippen molar-refractivity contribution in [1.82, 2.24) is 4.57 Å². The zero-order valence-electron chi connectivity index (χ0n) is 14.6. The number of carbonyl (C=O) groups is 1. The highest BCUT2D eigenvalue weighted by Gasteiger charge is 2.23. The molecule has 0 N–H and O–H groups in total. The van der Waals surface area contributed by atoms with E-state index in [1.54, 1.807) is 7.11 Å². The molecular formula is C19H23NO4. The first-order valence-electron chi connectivity index (χ1n) is 8.28. The second-order valence-corrected chi connectivity index (χ2v) is 6.10. The van der Waals surface area contributed by atoms with Gasteiger partial charge in [-0.2, -0.15) is 0 Å². The highest BCUT2D eigenvalue weighted by Crippen LogP contribution is 2.39. The zero-order chi connectivity index (χ0) is 17.3. The largest absolute Gasteiger partial charge is 0.493 e. The van der Waals surface area contributed by atoms with E-state index in [9.17, 15) is 4.79 Å². The number of nitrogens with zero attached hydrogens (tertiary/aromatic N) is 1. The Hall–Kier alpha value is -2.43. The Kier molecular flexibility index (Phi) is 4.51. The standard InChI is InChI=1S/C19H23NO4/c1-5-23-19(21)14-8-16-15-10-18(24-12(2)3)17(22-4)9-13(15)6-7-20(16)11-14/h8-12H,5-7H2,1-4H3. The molecule has 0 radical (unpaired) electrons. The fourth-order valence-corrected chi connectivity index (χ4v) is 3.04. The molecule has 1 aliphatic heterocycles. The first-order valence-corrected chi connectivity index (χ1v) is 8.28. The van der Waals surface area contributed by atoms with Crippen LogP contribution in [0.5, 0.6) is 11.5 Å². The van der Waals surface area contributed by atoms with E-state index >= 15 is 0 Å². The summed E-state index contributed by atoms with van der Waals surface area (Å²) < 4.78 is 18.6. The molecule has 0 saturated heterocycles. The number of aromatic nitrogens is 1. The molecule has 2 aromatic rings. The lowest BCUT2D eigenvalue weighted by Gasteiger charge is -2.22. The topological polar surface area (TPSA) is 49.7 Å². The molecule has 3 rings (SSSR count). The summed E-state index contributed by atoms with van der Waals surface area (Å²) in [5.41, 5.74) is 3.87. The summed E-state index contributed by atoms with van der Waals surface area (Å²) in [6.45, 7) is 6.99. The van der Waals surface area contributed by atoms with Crippen LogP contribution < -0.4 is 9.47 Å². The van der Waals surface area contributed by atoms with Crippen LogP contribution in [-0.4, -0.2) is 30.4 Å². The second kappa shape index (κ2) is 6.59. The molecule has 1 aromatic carbocycles. The molecule has 1 aliphatic rings. The van der Waals surface area contributed by atoms with E-state index in [-0.39, 0.29) is 12.1 Å². The van der Waals surface area contributed by atoms with Crippen molar-refractivity contribution in [3.8, 4) is 22.8 Å². The zero-order valence-corrected chi connectivity index (χ0v) is 14.6. The third kappa shape index (κ3) is 2.98. The minimum atomic E-state index is -0.284. The van der Waals surface area contributed by atoms with E-state index in [1.807, 2.05) is 45.2 Å². The van der Waals surface area contributed by atoms with Crippen molar-refractivity contribution in [2.24, 2.45) is 0 Å². The lowest BCUT2D eigenvalue weighted by Crippen LogP contribution is -2.12. The van der Waals surface area contributed by atoms with Crippen LogP contribution in [0.4, 0.5) is 0 Å². The van der Waals surface area contributed by atoms with Crippen molar-refractivity contribution >= 4 is 5.97 Å². The molecule has 0 spiro atoms. The van der Waals surface area contributed by atoms with Gasteiger partial charge in [0.05, 0.1) is 25.4 Å². The monoisotopic (exact) mass is 329 g/mol. The summed E-state index contributed by atoms with van der Waals surface area (Å²) >= 11 is 0. The fourth-order valence-electron chi connectivity index (χ4n) is 3.04. The molecule has 0 unspecified atom stereocenters. The number of hydrogen-bond acceptors (Lipinski definition) is 4. The molecule has 5 heteroatoms. The van der Waals surface area contributed by atoms with Gasteiger partial charge in [0.1, 0.15) is 0 Å². The van der Waals surface area contributed by atoms with Crippen LogP contribution in [0.2, 0.25) is 0 Å². The lowest BCUT2D eigenvalue weighted by atomic mass is 9.97. The summed E-state index contributed by atoms with van der Waals surface area (Å²) in [6, 6.07) is 5.93. The summed E-state index contributed by atoms with van der Waals surface area (Å²) in [5, 5.41) is 0. The number of aryl methyl sites for hydroxylation is 2. The number of methoxy groups -OCH3 is 1. The number of rotatable bonds is 5. The van der Waals surface area contributed by atoms with Gasteiger partial charge in [0.2, 0.25) is 0 Å². The number of ether oxygens (including phenoxy) is 3. The number of benzene rings is 1. The molecular weight excluding hydrogens is 306 g/mol. The molecule has 0 amide bonds. The van der Waals surface area contributed by atoms with E-state index in [0.29, 0.717) is 12.2 Å². The van der Waals surface area contributed by atoms with Crippen molar-refractivity contribution in [2.75, 3.05) is 13.7 Å². The molecule has 128 valence electrons. The maximum absolute atomic E-state index is 12.0. The van der Waals surface area contributed by atoms with E-state index in [2.05, 4.69) is 4.57 Å². The summed E-state index contributed by atoms with van der Waals surface area (Å²) in [6.07, 6.45) is 2.81. The Labute approximate surface area is 142 Å². The van der Waals surface area contributed by atoms with Gasteiger partial charge < -0.3 is 18.8 Å². The molecule has 2 heterocycles. The maximum atomic E-state index is 12.0. The van der Waals surface area contributed by atoms with Gasteiger partial charge in [-0.25, -0.2) is 4.79 Å². The molecule has 1 aromatic heterocycles. The number of carbonyl (C=O) groups excluding carboxylic acids is 1. The van der Waals surface area contributed by atoms with Gasteiger partial charge in [0.15, 0.2) is 11.5 Å². The Morgan fingerprint density at radius 1 is 1.25 bits per heavy atom. The number of hydrogen-bond donors (Lipinski definition) is 0. The summed E-state index contributed by atoms with van der Waals surface area (Å²) in [4.78, 5) is 12.0. The van der Waals surface area contributed by atoms with Gasteiger partial charge in [-0.15, -0.1) is 0 Å². The predicted octanol–water partition coefficient (Wildman–Crippen LogP) is 3.68. The van der Waals surface area contributed by atoms with Crippen LogP contribution in [0.25, 0.3) is 11.3 Å². The molecule has 0 aliphatic carbocycles. The molecule has 0 atom stereocenters. The van der Waals surface area contributed by atoms with E-state index < -0.39 is 0 Å². The molecule has 0 bridgehead atoms. The highest BCUT2D eigenvalue weighted by atomic mass is 16.5. The Bertz CT molecular complexity index is 761. The number of fused-ring (bicyclic) bond motifs is 3. The van der Waals surface area contributed by atoms with Crippen molar-refractivity contribution in [2.45, 2.75) is 39.8 Å². The van der Waals surface area contributed by atoms with Crippen LogP contribution in [0, 0.1) is 0 Å². The van der Waals surface area contributed by atoms with Crippen LogP contribution in [0.1, 0.15) is 36.7 Å². The summed E-state index contributed by atoms with van der Waals surface area (Å²) in [7, 11) is 1.65. The Balaban J connectivity index is 2.05. The van der Waals surface area contributed by atoms with Gasteiger partial charge in [0, 0.05) is 24.0 Å². The first-order chi connectivity index (χ1) is 11.5. The van der Waals surface area contributed by atoms with E-state index in [4.69, 9.17) is 14.2 Å². The molecule has 0 fully saturated rings.